The van der Waals surface area contributed by atoms with Gasteiger partial charge in [-0.05, 0) is 30.2 Å². The zero-order valence-corrected chi connectivity index (χ0v) is 16.3. The lowest BCUT2D eigenvalue weighted by atomic mass is 10.0. The van der Waals surface area contributed by atoms with Gasteiger partial charge in [0.2, 0.25) is 0 Å². The fraction of sp³-hybridized carbons (Fsp3) is 0.182. The van der Waals surface area contributed by atoms with Crippen molar-refractivity contribution in [2.45, 2.75) is 19.8 Å². The van der Waals surface area contributed by atoms with Crippen molar-refractivity contribution >= 4 is 17.0 Å². The standard InChI is InChI=1S/C22H17F2N3O3/c1-3-13-14(11-26-21-20(13)30-22(29)27(21)2)17-8-7-12(10-25-17)9-18(28)19-15(23)5-4-6-16(19)24/h4-8,10-11H,3,9H2,1-2H3. The molecule has 0 fully saturated rings. The average Bonchev–Trinajstić information content (AvgIpc) is 3.02. The first kappa shape index (κ1) is 19.6. The maximum atomic E-state index is 13.8. The molecule has 0 saturated heterocycles. The van der Waals surface area contributed by atoms with Crippen LogP contribution in [0.15, 0.2) is 51.9 Å². The molecule has 3 heterocycles. The summed E-state index contributed by atoms with van der Waals surface area (Å²) in [7, 11) is 1.59. The highest BCUT2D eigenvalue weighted by Crippen LogP contribution is 2.28. The Morgan fingerprint density at radius 2 is 1.83 bits per heavy atom. The molecule has 3 aromatic heterocycles. The van der Waals surface area contributed by atoms with E-state index in [0.29, 0.717) is 34.5 Å². The van der Waals surface area contributed by atoms with Gasteiger partial charge in [-0.1, -0.05) is 19.1 Å². The van der Waals surface area contributed by atoms with Gasteiger partial charge in [-0.25, -0.2) is 18.6 Å². The molecule has 0 spiro atoms. The maximum absolute atomic E-state index is 13.8. The van der Waals surface area contributed by atoms with Crippen LogP contribution in [0.25, 0.3) is 22.5 Å². The Bertz CT molecular complexity index is 1300. The minimum Gasteiger partial charge on any atom is -0.406 e. The number of Topliss-reactive ketones (excluding diaryl/α,β-unsaturated/α-hetero) is 1. The Hall–Kier alpha value is -3.68. The lowest BCUT2D eigenvalue weighted by Crippen LogP contribution is -2.09. The molecule has 4 rings (SSSR count). The van der Waals surface area contributed by atoms with Gasteiger partial charge < -0.3 is 4.42 Å². The Labute approximate surface area is 169 Å². The molecule has 0 amide bonds. The highest BCUT2D eigenvalue weighted by molar-refractivity contribution is 5.98. The lowest BCUT2D eigenvalue weighted by Gasteiger charge is -2.08. The third kappa shape index (κ3) is 3.30. The van der Waals surface area contributed by atoms with Crippen molar-refractivity contribution in [1.29, 1.82) is 0 Å². The van der Waals surface area contributed by atoms with Crippen LogP contribution < -0.4 is 5.76 Å². The molecule has 152 valence electrons. The van der Waals surface area contributed by atoms with Crippen LogP contribution in [0, 0.1) is 11.6 Å². The van der Waals surface area contributed by atoms with E-state index < -0.39 is 28.7 Å². The summed E-state index contributed by atoms with van der Waals surface area (Å²) in [6, 6.07) is 6.68. The summed E-state index contributed by atoms with van der Waals surface area (Å²) in [6.45, 7) is 1.93. The molecule has 0 unspecified atom stereocenters. The number of benzene rings is 1. The summed E-state index contributed by atoms with van der Waals surface area (Å²) < 4.78 is 34.3. The number of oxazole rings is 1. The second kappa shape index (κ2) is 7.62. The predicted molar refractivity (Wildman–Crippen MR) is 106 cm³/mol. The number of ketones is 1. The largest absolute Gasteiger partial charge is 0.420 e. The number of fused-ring (bicyclic) bond motifs is 1. The molecule has 6 nitrogen and oxygen atoms in total. The Kier molecular flexibility index (Phi) is 4.99. The SMILES string of the molecule is CCc1c(-c2ccc(CC(=O)c3c(F)cccc3F)cn2)cnc2c1oc(=O)n2C. The van der Waals surface area contributed by atoms with Crippen LogP contribution in [0.1, 0.15) is 28.4 Å². The molecule has 0 saturated carbocycles. The molecule has 1 aromatic carbocycles. The van der Waals surface area contributed by atoms with Crippen molar-refractivity contribution in [3.8, 4) is 11.3 Å². The van der Waals surface area contributed by atoms with Gasteiger partial charge >= 0.3 is 5.76 Å². The molecule has 0 atom stereocenters. The molecule has 30 heavy (non-hydrogen) atoms. The third-order valence-corrected chi connectivity index (χ3v) is 4.96. The van der Waals surface area contributed by atoms with Gasteiger partial charge in [0.15, 0.2) is 17.0 Å². The topological polar surface area (TPSA) is 78.0 Å². The predicted octanol–water partition coefficient (Wildman–Crippen LogP) is 3.85. The molecule has 0 aliphatic rings. The molecule has 0 aliphatic carbocycles. The summed E-state index contributed by atoms with van der Waals surface area (Å²) in [4.78, 5) is 32.8. The van der Waals surface area contributed by atoms with Crippen molar-refractivity contribution in [1.82, 2.24) is 14.5 Å². The van der Waals surface area contributed by atoms with E-state index in [0.717, 1.165) is 17.7 Å². The van der Waals surface area contributed by atoms with Gasteiger partial charge in [0, 0.05) is 37.0 Å². The zero-order chi connectivity index (χ0) is 21.4. The summed E-state index contributed by atoms with van der Waals surface area (Å²) in [5, 5.41) is 0. The number of rotatable bonds is 5. The maximum Gasteiger partial charge on any atom is 0.420 e. The number of halogens is 2. The van der Waals surface area contributed by atoms with E-state index in [1.165, 1.54) is 16.8 Å². The monoisotopic (exact) mass is 409 g/mol. The van der Waals surface area contributed by atoms with E-state index in [-0.39, 0.29) is 6.42 Å². The molecular formula is C22H17F2N3O3. The number of aromatic nitrogens is 3. The zero-order valence-electron chi connectivity index (χ0n) is 16.3. The smallest absolute Gasteiger partial charge is 0.406 e. The summed E-state index contributed by atoms with van der Waals surface area (Å²) >= 11 is 0. The fourth-order valence-electron chi connectivity index (χ4n) is 3.41. The van der Waals surface area contributed by atoms with Gasteiger partial charge in [-0.15, -0.1) is 0 Å². The highest BCUT2D eigenvalue weighted by Gasteiger charge is 2.19. The quantitative estimate of drug-likeness (QED) is 0.468. The van der Waals surface area contributed by atoms with Crippen molar-refractivity contribution in [2.75, 3.05) is 0 Å². The lowest BCUT2D eigenvalue weighted by molar-refractivity contribution is 0.0985. The van der Waals surface area contributed by atoms with E-state index in [1.807, 2.05) is 6.92 Å². The Morgan fingerprint density at radius 1 is 1.10 bits per heavy atom. The third-order valence-electron chi connectivity index (χ3n) is 4.96. The fourth-order valence-corrected chi connectivity index (χ4v) is 3.41. The van der Waals surface area contributed by atoms with Crippen molar-refractivity contribution in [3.63, 3.8) is 0 Å². The van der Waals surface area contributed by atoms with Crippen LogP contribution in [0.5, 0.6) is 0 Å². The van der Waals surface area contributed by atoms with E-state index in [1.54, 1.807) is 25.4 Å². The van der Waals surface area contributed by atoms with Gasteiger partial charge in [0.25, 0.3) is 0 Å². The van der Waals surface area contributed by atoms with E-state index in [9.17, 15) is 18.4 Å². The van der Waals surface area contributed by atoms with Crippen molar-refractivity contribution in [3.05, 3.63) is 81.6 Å². The first-order valence-electron chi connectivity index (χ1n) is 9.30. The minimum atomic E-state index is -0.888. The normalized spacial score (nSPS) is 11.2. The first-order valence-corrected chi connectivity index (χ1v) is 9.30. The van der Waals surface area contributed by atoms with Crippen molar-refractivity contribution < 1.29 is 18.0 Å². The first-order chi connectivity index (χ1) is 14.4. The minimum absolute atomic E-state index is 0.184. The highest BCUT2D eigenvalue weighted by atomic mass is 19.1. The average molecular weight is 409 g/mol. The number of carbonyl (C=O) groups excluding carboxylic acids is 1. The Morgan fingerprint density at radius 3 is 2.47 bits per heavy atom. The van der Waals surface area contributed by atoms with Gasteiger partial charge in [0.05, 0.1) is 11.3 Å². The molecule has 0 bridgehead atoms. The molecule has 0 radical (unpaired) electrons. The summed E-state index contributed by atoms with van der Waals surface area (Å²) in [6.07, 6.45) is 3.52. The van der Waals surface area contributed by atoms with Crippen LogP contribution in [0.3, 0.4) is 0 Å². The van der Waals surface area contributed by atoms with Crippen molar-refractivity contribution in [2.24, 2.45) is 7.05 Å². The van der Waals surface area contributed by atoms with Crippen LogP contribution in [0.2, 0.25) is 0 Å². The second-order valence-electron chi connectivity index (χ2n) is 6.83. The molecule has 0 N–H and O–H groups in total. The molecule has 0 aliphatic heterocycles. The van der Waals surface area contributed by atoms with E-state index in [4.69, 9.17) is 4.42 Å². The number of carbonyl (C=O) groups is 1. The van der Waals surface area contributed by atoms with Crippen LogP contribution >= 0.6 is 0 Å². The van der Waals surface area contributed by atoms with Crippen LogP contribution in [-0.2, 0) is 19.9 Å². The van der Waals surface area contributed by atoms with Gasteiger partial charge in [-0.2, -0.15) is 0 Å². The number of nitrogens with zero attached hydrogens (tertiary/aromatic N) is 3. The number of aryl methyl sites for hydroxylation is 2. The molecule has 8 heteroatoms. The van der Waals surface area contributed by atoms with Gasteiger partial charge in [0.1, 0.15) is 11.6 Å². The summed E-state index contributed by atoms with van der Waals surface area (Å²) in [5.74, 6) is -2.93. The number of hydrogen-bond donors (Lipinski definition) is 0. The van der Waals surface area contributed by atoms with E-state index in [2.05, 4.69) is 9.97 Å². The van der Waals surface area contributed by atoms with Gasteiger partial charge in [-0.3, -0.25) is 14.3 Å². The Balaban J connectivity index is 1.66. The summed E-state index contributed by atoms with van der Waals surface area (Å²) in [5.41, 5.74) is 2.92. The number of hydrogen-bond acceptors (Lipinski definition) is 5. The van der Waals surface area contributed by atoms with Crippen LogP contribution in [0.4, 0.5) is 8.78 Å². The second-order valence-corrected chi connectivity index (χ2v) is 6.83. The van der Waals surface area contributed by atoms with E-state index >= 15 is 0 Å². The van der Waals surface area contributed by atoms with Crippen LogP contribution in [-0.4, -0.2) is 20.3 Å². The number of pyridine rings is 2. The molecule has 4 aromatic rings. The molecular weight excluding hydrogens is 392 g/mol.